The van der Waals surface area contributed by atoms with Gasteiger partial charge in [0, 0.05) is 17.6 Å². The first-order valence-electron chi connectivity index (χ1n) is 6.81. The molecule has 2 aromatic heterocycles. The van der Waals surface area contributed by atoms with Crippen LogP contribution in [0.4, 0.5) is 11.8 Å². The summed E-state index contributed by atoms with van der Waals surface area (Å²) in [4.78, 5) is 10.1. The molecule has 4 nitrogen and oxygen atoms in total. The molecule has 2 N–H and O–H groups in total. The molecule has 0 saturated heterocycles. The highest BCUT2D eigenvalue weighted by molar-refractivity contribution is 9.10. The third-order valence-corrected chi connectivity index (χ3v) is 4.45. The van der Waals surface area contributed by atoms with E-state index in [1.54, 1.807) is 17.5 Å². The molecule has 0 aliphatic carbocycles. The summed E-state index contributed by atoms with van der Waals surface area (Å²) in [5, 5.41) is 8.80. The van der Waals surface area contributed by atoms with Gasteiger partial charge in [-0.2, -0.15) is 4.98 Å². The van der Waals surface area contributed by atoms with Crippen LogP contribution >= 0.6 is 27.3 Å². The van der Waals surface area contributed by atoms with Crippen LogP contribution in [0.2, 0.25) is 0 Å². The van der Waals surface area contributed by atoms with Gasteiger partial charge in [0.15, 0.2) is 0 Å². The van der Waals surface area contributed by atoms with E-state index >= 15 is 0 Å². The standard InChI is InChI=1S/C14H19BrN4S/c1-3-7-16-14-17-9-10(15)13(19-14)18-11(4-2)12-6-5-8-20-12/h5-6,8-9,11H,3-4,7H2,1-2H3,(H2,16,17,18,19). The second-order valence-electron chi connectivity index (χ2n) is 4.44. The molecule has 0 bridgehead atoms. The predicted octanol–water partition coefficient (Wildman–Crippen LogP) is 4.69. The monoisotopic (exact) mass is 354 g/mol. The Balaban J connectivity index is 2.14. The average Bonchev–Trinajstić information content (AvgIpc) is 2.99. The van der Waals surface area contributed by atoms with E-state index in [4.69, 9.17) is 0 Å². The van der Waals surface area contributed by atoms with Crippen LogP contribution in [0.25, 0.3) is 0 Å². The van der Waals surface area contributed by atoms with E-state index < -0.39 is 0 Å². The van der Waals surface area contributed by atoms with Gasteiger partial charge in [0.1, 0.15) is 5.82 Å². The zero-order valence-electron chi connectivity index (χ0n) is 11.7. The molecule has 1 atom stereocenters. The Hall–Kier alpha value is -1.14. The molecule has 0 amide bonds. The number of rotatable bonds is 7. The van der Waals surface area contributed by atoms with Crippen LogP contribution in [-0.4, -0.2) is 16.5 Å². The molecule has 2 rings (SSSR count). The number of thiophene rings is 1. The van der Waals surface area contributed by atoms with Gasteiger partial charge < -0.3 is 10.6 Å². The summed E-state index contributed by atoms with van der Waals surface area (Å²) in [6, 6.07) is 4.50. The molecule has 0 radical (unpaired) electrons. The van der Waals surface area contributed by atoms with Crippen LogP contribution in [0.1, 0.15) is 37.6 Å². The second-order valence-corrected chi connectivity index (χ2v) is 6.27. The molecule has 6 heteroatoms. The zero-order valence-corrected chi connectivity index (χ0v) is 14.1. The molecular formula is C14H19BrN4S. The van der Waals surface area contributed by atoms with Crippen LogP contribution in [0, 0.1) is 0 Å². The van der Waals surface area contributed by atoms with E-state index in [9.17, 15) is 0 Å². The fourth-order valence-corrected chi connectivity index (χ4v) is 2.99. The Labute approximate surface area is 132 Å². The van der Waals surface area contributed by atoms with E-state index in [0.717, 1.165) is 29.7 Å². The van der Waals surface area contributed by atoms with Crippen LogP contribution < -0.4 is 10.6 Å². The fraction of sp³-hybridized carbons (Fsp3) is 0.429. The Kier molecular flexibility index (Phi) is 5.79. The number of hydrogen-bond acceptors (Lipinski definition) is 5. The van der Waals surface area contributed by atoms with Gasteiger partial charge in [0.05, 0.1) is 10.5 Å². The van der Waals surface area contributed by atoms with E-state index in [0.29, 0.717) is 5.95 Å². The van der Waals surface area contributed by atoms with Crippen LogP contribution in [0.15, 0.2) is 28.2 Å². The third-order valence-electron chi connectivity index (χ3n) is 2.88. The number of aromatic nitrogens is 2. The van der Waals surface area contributed by atoms with Crippen molar-refractivity contribution in [3.05, 3.63) is 33.1 Å². The first-order valence-corrected chi connectivity index (χ1v) is 8.48. The van der Waals surface area contributed by atoms with Gasteiger partial charge in [-0.3, -0.25) is 0 Å². The SMILES string of the molecule is CCCNc1ncc(Br)c(NC(CC)c2cccs2)n1. The third kappa shape index (κ3) is 3.93. The number of nitrogens with zero attached hydrogens (tertiary/aromatic N) is 2. The first kappa shape index (κ1) is 15.3. The molecule has 20 heavy (non-hydrogen) atoms. The molecule has 2 aromatic rings. The molecular weight excluding hydrogens is 336 g/mol. The Morgan fingerprint density at radius 3 is 2.90 bits per heavy atom. The van der Waals surface area contributed by atoms with Crippen molar-refractivity contribution < 1.29 is 0 Å². The number of halogens is 1. The van der Waals surface area contributed by atoms with Crippen LogP contribution in [0.5, 0.6) is 0 Å². The smallest absolute Gasteiger partial charge is 0.224 e. The molecule has 108 valence electrons. The van der Waals surface area contributed by atoms with Crippen molar-refractivity contribution in [2.75, 3.05) is 17.2 Å². The Bertz CT molecular complexity index is 530. The summed E-state index contributed by atoms with van der Waals surface area (Å²) in [5.74, 6) is 1.50. The number of hydrogen-bond donors (Lipinski definition) is 2. The van der Waals surface area contributed by atoms with Crippen LogP contribution in [-0.2, 0) is 0 Å². The molecule has 2 heterocycles. The molecule has 0 aromatic carbocycles. The maximum atomic E-state index is 4.53. The van der Waals surface area contributed by atoms with Gasteiger partial charge >= 0.3 is 0 Å². The van der Waals surface area contributed by atoms with Gasteiger partial charge in [-0.25, -0.2) is 4.98 Å². The van der Waals surface area contributed by atoms with E-state index in [1.165, 1.54) is 4.88 Å². The summed E-state index contributed by atoms with van der Waals surface area (Å²) in [7, 11) is 0. The van der Waals surface area contributed by atoms with E-state index in [1.807, 2.05) is 0 Å². The average molecular weight is 355 g/mol. The van der Waals surface area contributed by atoms with Crippen molar-refractivity contribution in [2.24, 2.45) is 0 Å². The highest BCUT2D eigenvalue weighted by Crippen LogP contribution is 2.29. The van der Waals surface area contributed by atoms with Gasteiger partial charge in [-0.1, -0.05) is 19.9 Å². The largest absolute Gasteiger partial charge is 0.361 e. The summed E-state index contributed by atoms with van der Waals surface area (Å²) < 4.78 is 0.884. The highest BCUT2D eigenvalue weighted by Gasteiger charge is 2.13. The van der Waals surface area contributed by atoms with Crippen molar-refractivity contribution in [3.63, 3.8) is 0 Å². The zero-order chi connectivity index (χ0) is 14.4. The predicted molar refractivity (Wildman–Crippen MR) is 89.5 cm³/mol. The minimum Gasteiger partial charge on any atom is -0.361 e. The summed E-state index contributed by atoms with van der Waals surface area (Å²) in [5.41, 5.74) is 0. The molecule has 0 fully saturated rings. The van der Waals surface area contributed by atoms with Gasteiger partial charge in [0.25, 0.3) is 0 Å². The molecule has 0 aliphatic heterocycles. The van der Waals surface area contributed by atoms with Crippen molar-refractivity contribution in [3.8, 4) is 0 Å². The maximum Gasteiger partial charge on any atom is 0.224 e. The molecule has 0 saturated carbocycles. The van der Waals surface area contributed by atoms with Gasteiger partial charge in [-0.05, 0) is 40.2 Å². The van der Waals surface area contributed by atoms with E-state index in [2.05, 4.69) is 67.9 Å². The van der Waals surface area contributed by atoms with Crippen molar-refractivity contribution >= 4 is 39.0 Å². The summed E-state index contributed by atoms with van der Waals surface area (Å²) >= 11 is 5.27. The lowest BCUT2D eigenvalue weighted by Crippen LogP contribution is -2.12. The van der Waals surface area contributed by atoms with Crippen molar-refractivity contribution in [1.29, 1.82) is 0 Å². The highest BCUT2D eigenvalue weighted by atomic mass is 79.9. The van der Waals surface area contributed by atoms with Gasteiger partial charge in [0.2, 0.25) is 5.95 Å². The van der Waals surface area contributed by atoms with Gasteiger partial charge in [-0.15, -0.1) is 11.3 Å². The van der Waals surface area contributed by atoms with Crippen molar-refractivity contribution in [2.45, 2.75) is 32.7 Å². The normalized spacial score (nSPS) is 12.2. The second kappa shape index (κ2) is 7.59. The van der Waals surface area contributed by atoms with Crippen LogP contribution in [0.3, 0.4) is 0 Å². The number of anilines is 2. The summed E-state index contributed by atoms with van der Waals surface area (Å²) in [6.45, 7) is 5.17. The fourth-order valence-electron chi connectivity index (χ4n) is 1.82. The molecule has 0 aliphatic rings. The molecule has 1 unspecified atom stereocenters. The van der Waals surface area contributed by atoms with Crippen molar-refractivity contribution in [1.82, 2.24) is 9.97 Å². The molecule has 0 spiro atoms. The quantitative estimate of drug-likeness (QED) is 0.757. The topological polar surface area (TPSA) is 49.8 Å². The minimum atomic E-state index is 0.278. The first-order chi connectivity index (χ1) is 9.74. The minimum absolute atomic E-state index is 0.278. The summed E-state index contributed by atoms with van der Waals surface area (Å²) in [6.07, 6.45) is 3.85. The lowest BCUT2D eigenvalue weighted by atomic mass is 10.2. The Morgan fingerprint density at radius 1 is 1.40 bits per heavy atom. The maximum absolute atomic E-state index is 4.53. The van der Waals surface area contributed by atoms with E-state index in [-0.39, 0.29) is 6.04 Å². The number of nitrogens with one attached hydrogen (secondary N) is 2. The lowest BCUT2D eigenvalue weighted by molar-refractivity contribution is 0.757. The Morgan fingerprint density at radius 2 is 2.25 bits per heavy atom. The lowest BCUT2D eigenvalue weighted by Gasteiger charge is -2.17.